The predicted molar refractivity (Wildman–Crippen MR) is 238 cm³/mol. The molecule has 0 radical (unpaired) electrons. The largest absolute Gasteiger partial charge is 0.467 e. The van der Waals surface area contributed by atoms with Gasteiger partial charge in [-0.2, -0.15) is 0 Å². The minimum absolute atomic E-state index is 0.0835. The fraction of sp³-hybridized carbons (Fsp3) is 0.306. The van der Waals surface area contributed by atoms with Crippen molar-refractivity contribution in [3.8, 4) is 0 Å². The van der Waals surface area contributed by atoms with Crippen LogP contribution in [-0.4, -0.2) is 104 Å². The molecule has 2 atom stereocenters. The van der Waals surface area contributed by atoms with Crippen LogP contribution in [0.1, 0.15) is 27.8 Å². The van der Waals surface area contributed by atoms with E-state index >= 15 is 0 Å². The minimum atomic E-state index is -0.860. The van der Waals surface area contributed by atoms with E-state index in [0.717, 1.165) is 36.3 Å². The van der Waals surface area contributed by atoms with Gasteiger partial charge in [-0.15, -0.1) is 0 Å². The lowest BCUT2D eigenvalue weighted by atomic mass is 10.2. The molecule has 5 aromatic rings. The molecule has 2 unspecified atom stereocenters. The molecule has 0 aromatic heterocycles. The van der Waals surface area contributed by atoms with Crippen molar-refractivity contribution in [2.45, 2.75) is 44.9 Å². The number of hydrogen-bond donors (Lipinski definition) is 3. The number of ether oxygens (including phenoxy) is 3. The van der Waals surface area contributed by atoms with Crippen LogP contribution in [0.15, 0.2) is 152 Å². The summed E-state index contributed by atoms with van der Waals surface area (Å²) in [4.78, 5) is 55.8. The number of benzene rings is 5. The van der Waals surface area contributed by atoms with E-state index in [1.165, 1.54) is 25.3 Å². The summed E-state index contributed by atoms with van der Waals surface area (Å²) in [6.07, 6.45) is -1.25. The Balaban J connectivity index is 0.000000242. The molecule has 3 amide bonds. The van der Waals surface area contributed by atoms with E-state index < -0.39 is 30.2 Å². The van der Waals surface area contributed by atoms with Crippen molar-refractivity contribution in [2.24, 2.45) is 0 Å². The summed E-state index contributed by atoms with van der Waals surface area (Å²) in [6, 6.07) is 48.1. The molecule has 6 rings (SSSR count). The lowest BCUT2D eigenvalue weighted by Gasteiger charge is -2.27. The van der Waals surface area contributed by atoms with Crippen molar-refractivity contribution < 1.29 is 33.4 Å². The van der Waals surface area contributed by atoms with Gasteiger partial charge in [-0.3, -0.25) is 14.6 Å². The van der Waals surface area contributed by atoms with Crippen LogP contribution >= 0.6 is 0 Å². The van der Waals surface area contributed by atoms with E-state index in [1.807, 2.05) is 127 Å². The molecule has 3 N–H and O–H groups in total. The number of methoxy groups -OCH3 is 2. The summed E-state index contributed by atoms with van der Waals surface area (Å²) in [7, 11) is 2.62. The summed E-state index contributed by atoms with van der Waals surface area (Å²) in [5.41, 5.74) is 5.44. The van der Waals surface area contributed by atoms with Gasteiger partial charge in [-0.1, -0.05) is 152 Å². The zero-order valence-corrected chi connectivity index (χ0v) is 35.6. The molecular formula is C49H58N6O7. The van der Waals surface area contributed by atoms with E-state index in [2.05, 4.69) is 50.0 Å². The van der Waals surface area contributed by atoms with Gasteiger partial charge in [0.1, 0.15) is 18.7 Å². The smallest absolute Gasteiger partial charge is 0.408 e. The van der Waals surface area contributed by atoms with Crippen molar-refractivity contribution in [1.82, 2.24) is 30.7 Å². The highest BCUT2D eigenvalue weighted by atomic mass is 16.6. The number of nitrogens with one attached hydrogen (secondary N) is 3. The van der Waals surface area contributed by atoms with Crippen molar-refractivity contribution in [3.63, 3.8) is 0 Å². The number of carbonyl (C=O) groups excluding carboxylic acids is 4. The first-order valence-corrected chi connectivity index (χ1v) is 20.8. The molecule has 5 aromatic carbocycles. The van der Waals surface area contributed by atoms with Crippen LogP contribution < -0.4 is 16.0 Å². The van der Waals surface area contributed by atoms with E-state index in [9.17, 15) is 19.2 Å². The first kappa shape index (κ1) is 46.5. The number of esters is 1. The van der Waals surface area contributed by atoms with Crippen LogP contribution in [0.4, 0.5) is 9.59 Å². The maximum Gasteiger partial charge on any atom is 0.408 e. The van der Waals surface area contributed by atoms with Crippen molar-refractivity contribution >= 4 is 24.1 Å². The third-order valence-corrected chi connectivity index (χ3v) is 10.1. The maximum atomic E-state index is 13.0. The summed E-state index contributed by atoms with van der Waals surface area (Å²) in [6.45, 7) is 6.25. The van der Waals surface area contributed by atoms with Gasteiger partial charge in [0.05, 0.1) is 14.2 Å². The number of hydrogen-bond acceptors (Lipinski definition) is 10. The van der Waals surface area contributed by atoms with E-state index in [1.54, 1.807) is 4.90 Å². The van der Waals surface area contributed by atoms with Gasteiger partial charge in [0.15, 0.2) is 0 Å². The first-order chi connectivity index (χ1) is 30.3. The summed E-state index contributed by atoms with van der Waals surface area (Å²) in [5.74, 6) is -0.600. The van der Waals surface area contributed by atoms with E-state index in [0.29, 0.717) is 39.3 Å². The highest BCUT2D eigenvalue weighted by molar-refractivity contribution is 5.86. The van der Waals surface area contributed by atoms with Gasteiger partial charge in [-0.25, -0.2) is 14.4 Å². The molecule has 1 saturated heterocycles. The number of alkyl carbamates (subject to hydrolysis) is 2. The average molecular weight is 843 g/mol. The van der Waals surface area contributed by atoms with Gasteiger partial charge < -0.3 is 35.1 Å². The Labute approximate surface area is 365 Å². The normalized spacial score (nSPS) is 14.4. The average Bonchev–Trinajstić information content (AvgIpc) is 3.45. The number of nitrogens with zero attached hydrogens (tertiary/aromatic N) is 3. The third-order valence-electron chi connectivity index (χ3n) is 10.1. The van der Waals surface area contributed by atoms with Crippen molar-refractivity contribution in [2.75, 3.05) is 53.5 Å². The number of rotatable bonds is 18. The second kappa shape index (κ2) is 25.9. The quantitative estimate of drug-likeness (QED) is 0.0547. The SMILES string of the molecule is COC(=O)C(CN(CCNCc1ccccc1)Cc1ccccc1)NC(=O)OCc1ccccc1.COC(=O)NC1CN(Cc2ccccc2)CCN(Cc2ccccc2)C1=O. The minimum Gasteiger partial charge on any atom is -0.467 e. The van der Waals surface area contributed by atoms with Crippen molar-refractivity contribution in [1.29, 1.82) is 0 Å². The molecule has 0 saturated carbocycles. The number of amides is 3. The van der Waals surface area contributed by atoms with Gasteiger partial charge in [0.2, 0.25) is 5.91 Å². The maximum absolute atomic E-state index is 13.0. The van der Waals surface area contributed by atoms with E-state index in [4.69, 9.17) is 14.2 Å². The highest BCUT2D eigenvalue weighted by Gasteiger charge is 2.32. The van der Waals surface area contributed by atoms with E-state index in [-0.39, 0.29) is 19.1 Å². The zero-order chi connectivity index (χ0) is 43.8. The molecule has 326 valence electrons. The Morgan fingerprint density at radius 3 is 1.76 bits per heavy atom. The van der Waals surface area contributed by atoms with Gasteiger partial charge in [-0.05, 0) is 27.8 Å². The Kier molecular flexibility index (Phi) is 19.5. The van der Waals surface area contributed by atoms with Crippen LogP contribution in [0.3, 0.4) is 0 Å². The van der Waals surface area contributed by atoms with Crippen molar-refractivity contribution in [3.05, 3.63) is 179 Å². The fourth-order valence-corrected chi connectivity index (χ4v) is 6.90. The van der Waals surface area contributed by atoms with Crippen LogP contribution in [0.2, 0.25) is 0 Å². The molecule has 13 nitrogen and oxygen atoms in total. The van der Waals surface area contributed by atoms with Crippen LogP contribution in [0, 0.1) is 0 Å². The zero-order valence-electron chi connectivity index (χ0n) is 35.6. The topological polar surface area (TPSA) is 142 Å². The lowest BCUT2D eigenvalue weighted by molar-refractivity contribution is -0.143. The van der Waals surface area contributed by atoms with Gasteiger partial charge in [0.25, 0.3) is 0 Å². The Morgan fingerprint density at radius 1 is 0.661 bits per heavy atom. The summed E-state index contributed by atoms with van der Waals surface area (Å²) >= 11 is 0. The van der Waals surface area contributed by atoms with Gasteiger partial charge >= 0.3 is 18.2 Å². The molecule has 0 bridgehead atoms. The standard InChI is InChI=1S/C28H33N3O4.C21H25N3O3/c1-34-27(32)26(30-28(33)35-22-25-15-9-4-10-16-25)21-31(20-24-13-7-3-8-14-24)18-17-29-19-23-11-5-2-6-12-23;1-27-21(26)22-19-16-23(14-17-8-4-2-5-9-17)12-13-24(20(19)25)15-18-10-6-3-7-11-18/h2-16,26,29H,17-22H2,1H3,(H,30,33);2-11,19H,12-16H2,1H3,(H,22,26). The molecule has 0 aliphatic carbocycles. The molecular weight excluding hydrogens is 785 g/mol. The summed E-state index contributed by atoms with van der Waals surface area (Å²) in [5, 5.41) is 8.81. The molecule has 1 heterocycles. The van der Waals surface area contributed by atoms with Crippen LogP contribution in [-0.2, 0) is 56.6 Å². The fourth-order valence-electron chi connectivity index (χ4n) is 6.90. The first-order valence-electron chi connectivity index (χ1n) is 20.8. The number of carbonyl (C=O) groups is 4. The lowest BCUT2D eigenvalue weighted by Crippen LogP contribution is -2.50. The Bertz CT molecular complexity index is 2060. The second-order valence-electron chi connectivity index (χ2n) is 14.8. The van der Waals surface area contributed by atoms with Crippen LogP contribution in [0.5, 0.6) is 0 Å². The monoisotopic (exact) mass is 842 g/mol. The predicted octanol–water partition coefficient (Wildman–Crippen LogP) is 6.00. The van der Waals surface area contributed by atoms with Crippen LogP contribution in [0.25, 0.3) is 0 Å². The molecule has 0 spiro atoms. The molecule has 1 aliphatic heterocycles. The summed E-state index contributed by atoms with van der Waals surface area (Å²) < 4.78 is 15.0. The molecule has 62 heavy (non-hydrogen) atoms. The molecule has 13 heteroatoms. The third kappa shape index (κ3) is 16.5. The Morgan fingerprint density at radius 2 is 1.19 bits per heavy atom. The van der Waals surface area contributed by atoms with Gasteiger partial charge in [0, 0.05) is 65.4 Å². The second-order valence-corrected chi connectivity index (χ2v) is 14.8. The molecule has 1 fully saturated rings. The molecule has 1 aliphatic rings. The Hall–Kier alpha value is -6.54. The highest BCUT2D eigenvalue weighted by Crippen LogP contribution is 2.14.